The molecule has 0 saturated carbocycles. The summed E-state index contributed by atoms with van der Waals surface area (Å²) in [6, 6.07) is 7.68. The third-order valence-corrected chi connectivity index (χ3v) is 2.92. The van der Waals surface area contributed by atoms with Crippen LogP contribution < -0.4 is 5.32 Å². The van der Waals surface area contributed by atoms with Gasteiger partial charge in [0.05, 0.1) is 17.6 Å². The monoisotopic (exact) mass is 270 g/mol. The van der Waals surface area contributed by atoms with Gasteiger partial charge in [-0.3, -0.25) is 0 Å². The minimum atomic E-state index is -1.04. The van der Waals surface area contributed by atoms with E-state index in [0.717, 1.165) is 11.3 Å². The van der Waals surface area contributed by atoms with Gasteiger partial charge in [-0.25, -0.2) is 9.78 Å². The van der Waals surface area contributed by atoms with E-state index < -0.39 is 5.97 Å². The lowest BCUT2D eigenvalue weighted by molar-refractivity contribution is 0.0691. The predicted molar refractivity (Wildman–Crippen MR) is 73.6 cm³/mol. The smallest absolute Gasteiger partial charge is 0.356 e. The molecule has 0 radical (unpaired) electrons. The lowest BCUT2D eigenvalue weighted by atomic mass is 10.1. The lowest BCUT2D eigenvalue weighted by Gasteiger charge is -2.11. The van der Waals surface area contributed by atoms with Gasteiger partial charge in [-0.2, -0.15) is 5.26 Å². The Balaban J connectivity index is 1.99. The van der Waals surface area contributed by atoms with Gasteiger partial charge < -0.3 is 15.0 Å². The Kier molecular flexibility index (Phi) is 4.01. The van der Waals surface area contributed by atoms with Gasteiger partial charge >= 0.3 is 5.97 Å². The molecule has 0 spiro atoms. The van der Waals surface area contributed by atoms with Crippen LogP contribution in [0.4, 0.5) is 5.69 Å². The van der Waals surface area contributed by atoms with E-state index in [2.05, 4.69) is 16.4 Å². The Morgan fingerprint density at radius 2 is 2.35 bits per heavy atom. The van der Waals surface area contributed by atoms with Crippen LogP contribution >= 0.6 is 0 Å². The normalized spacial score (nSPS) is 10.0. The summed E-state index contributed by atoms with van der Waals surface area (Å²) in [6.45, 7) is 3.08. The summed E-state index contributed by atoms with van der Waals surface area (Å²) in [5, 5.41) is 21.0. The van der Waals surface area contributed by atoms with Crippen molar-refractivity contribution >= 4 is 11.7 Å². The number of nitrogens with one attached hydrogen (secondary N) is 1. The van der Waals surface area contributed by atoms with Crippen molar-refractivity contribution in [1.82, 2.24) is 9.55 Å². The van der Waals surface area contributed by atoms with E-state index in [1.807, 2.05) is 19.1 Å². The number of aromatic carboxylic acids is 1. The number of nitrogens with zero attached hydrogens (tertiary/aromatic N) is 3. The lowest BCUT2D eigenvalue weighted by Crippen LogP contribution is -2.11. The second-order valence-corrected chi connectivity index (χ2v) is 4.34. The number of imidazole rings is 1. The van der Waals surface area contributed by atoms with Crippen molar-refractivity contribution < 1.29 is 9.90 Å². The first-order chi connectivity index (χ1) is 9.61. The van der Waals surface area contributed by atoms with Gasteiger partial charge in [0.1, 0.15) is 6.07 Å². The Labute approximate surface area is 116 Å². The Morgan fingerprint density at radius 1 is 1.55 bits per heavy atom. The fraction of sp³-hybridized carbons (Fsp3) is 0.214. The van der Waals surface area contributed by atoms with Crippen LogP contribution in [-0.2, 0) is 6.54 Å². The molecule has 1 heterocycles. The number of para-hydroxylation sites is 1. The van der Waals surface area contributed by atoms with Crippen LogP contribution in [0.1, 0.15) is 21.6 Å². The highest BCUT2D eigenvalue weighted by molar-refractivity contribution is 5.84. The van der Waals surface area contributed by atoms with Crippen molar-refractivity contribution in [3.05, 3.63) is 47.5 Å². The average Bonchev–Trinajstić information content (AvgIpc) is 2.89. The van der Waals surface area contributed by atoms with E-state index in [9.17, 15) is 4.79 Å². The van der Waals surface area contributed by atoms with E-state index >= 15 is 0 Å². The highest BCUT2D eigenvalue weighted by Gasteiger charge is 2.07. The quantitative estimate of drug-likeness (QED) is 0.865. The Bertz CT molecular complexity index is 670. The minimum absolute atomic E-state index is 0.0265. The number of hydrogen-bond acceptors (Lipinski definition) is 4. The Hall–Kier alpha value is -2.81. The first-order valence-electron chi connectivity index (χ1n) is 6.10. The molecule has 20 heavy (non-hydrogen) atoms. The number of anilines is 1. The third kappa shape index (κ3) is 2.95. The van der Waals surface area contributed by atoms with E-state index in [0.29, 0.717) is 18.7 Å². The number of rotatable bonds is 5. The molecule has 2 rings (SSSR count). The van der Waals surface area contributed by atoms with Crippen LogP contribution in [-0.4, -0.2) is 27.2 Å². The molecule has 0 bridgehead atoms. The molecular formula is C14H14N4O2. The molecule has 6 heteroatoms. The molecule has 2 aromatic rings. The maximum absolute atomic E-state index is 10.7. The largest absolute Gasteiger partial charge is 0.476 e. The number of hydrogen-bond donors (Lipinski definition) is 2. The summed E-state index contributed by atoms with van der Waals surface area (Å²) in [7, 11) is 0. The fourth-order valence-corrected chi connectivity index (χ4v) is 1.90. The molecule has 2 N–H and O–H groups in total. The number of carboxylic acid groups (broad SMARTS) is 1. The van der Waals surface area contributed by atoms with Crippen LogP contribution in [0.3, 0.4) is 0 Å². The zero-order valence-electron chi connectivity index (χ0n) is 11.0. The van der Waals surface area contributed by atoms with Gasteiger partial charge in [0.25, 0.3) is 0 Å². The fourth-order valence-electron chi connectivity index (χ4n) is 1.90. The maximum Gasteiger partial charge on any atom is 0.356 e. The van der Waals surface area contributed by atoms with Gasteiger partial charge in [0, 0.05) is 19.3 Å². The maximum atomic E-state index is 10.7. The average molecular weight is 270 g/mol. The zero-order valence-corrected chi connectivity index (χ0v) is 11.0. The number of aromatic nitrogens is 2. The van der Waals surface area contributed by atoms with Crippen LogP contribution in [0, 0.1) is 18.3 Å². The standard InChI is InChI=1S/C14H14N4O2/c1-10-3-2-4-11(7-15)13(10)16-5-6-18-8-12(14(19)20)17-9-18/h2-4,8-9,16H,5-6H2,1H3,(H,19,20). The summed E-state index contributed by atoms with van der Waals surface area (Å²) in [5.74, 6) is -1.04. The summed E-state index contributed by atoms with van der Waals surface area (Å²) in [4.78, 5) is 14.5. The highest BCUT2D eigenvalue weighted by Crippen LogP contribution is 2.19. The summed E-state index contributed by atoms with van der Waals surface area (Å²) in [6.07, 6.45) is 2.96. The molecule has 0 aliphatic rings. The van der Waals surface area contributed by atoms with Crippen molar-refractivity contribution in [3.63, 3.8) is 0 Å². The second-order valence-electron chi connectivity index (χ2n) is 4.34. The predicted octanol–water partition coefficient (Wildman–Crippen LogP) is 1.87. The van der Waals surface area contributed by atoms with Crippen molar-refractivity contribution in [3.8, 4) is 6.07 Å². The summed E-state index contributed by atoms with van der Waals surface area (Å²) >= 11 is 0. The SMILES string of the molecule is Cc1cccc(C#N)c1NCCn1cnc(C(=O)O)c1. The van der Waals surface area contributed by atoms with Crippen LogP contribution in [0.2, 0.25) is 0 Å². The first kappa shape index (κ1) is 13.6. The van der Waals surface area contributed by atoms with E-state index in [1.54, 1.807) is 10.6 Å². The summed E-state index contributed by atoms with van der Waals surface area (Å²) in [5.41, 5.74) is 2.44. The molecule has 102 valence electrons. The van der Waals surface area contributed by atoms with Crippen molar-refractivity contribution in [1.29, 1.82) is 5.26 Å². The van der Waals surface area contributed by atoms with Gasteiger partial charge in [0.15, 0.2) is 5.69 Å². The van der Waals surface area contributed by atoms with Crippen molar-refractivity contribution in [2.24, 2.45) is 0 Å². The molecule has 0 unspecified atom stereocenters. The number of nitriles is 1. The van der Waals surface area contributed by atoms with Gasteiger partial charge in [-0.1, -0.05) is 12.1 Å². The van der Waals surface area contributed by atoms with E-state index in [4.69, 9.17) is 10.4 Å². The minimum Gasteiger partial charge on any atom is -0.476 e. The molecule has 0 aliphatic heterocycles. The number of benzene rings is 1. The zero-order chi connectivity index (χ0) is 14.5. The highest BCUT2D eigenvalue weighted by atomic mass is 16.4. The van der Waals surface area contributed by atoms with E-state index in [-0.39, 0.29) is 5.69 Å². The molecule has 0 saturated heterocycles. The van der Waals surface area contributed by atoms with Gasteiger partial charge in [-0.05, 0) is 18.6 Å². The van der Waals surface area contributed by atoms with Crippen molar-refractivity contribution in [2.45, 2.75) is 13.5 Å². The van der Waals surface area contributed by atoms with Crippen molar-refractivity contribution in [2.75, 3.05) is 11.9 Å². The third-order valence-electron chi connectivity index (χ3n) is 2.92. The molecule has 0 atom stereocenters. The van der Waals surface area contributed by atoms with E-state index in [1.165, 1.54) is 12.5 Å². The van der Waals surface area contributed by atoms with Gasteiger partial charge in [-0.15, -0.1) is 0 Å². The van der Waals surface area contributed by atoms with Crippen LogP contribution in [0.15, 0.2) is 30.7 Å². The molecule has 0 aliphatic carbocycles. The topological polar surface area (TPSA) is 90.9 Å². The van der Waals surface area contributed by atoms with Crippen LogP contribution in [0.25, 0.3) is 0 Å². The molecule has 6 nitrogen and oxygen atoms in total. The van der Waals surface area contributed by atoms with Crippen LogP contribution in [0.5, 0.6) is 0 Å². The van der Waals surface area contributed by atoms with Gasteiger partial charge in [0.2, 0.25) is 0 Å². The molecule has 0 fully saturated rings. The molecule has 1 aromatic heterocycles. The molecule has 0 amide bonds. The molecular weight excluding hydrogens is 256 g/mol. The summed E-state index contributed by atoms with van der Waals surface area (Å²) < 4.78 is 1.70. The first-order valence-corrected chi connectivity index (χ1v) is 6.10. The second kappa shape index (κ2) is 5.89. The molecule has 1 aromatic carbocycles. The number of carboxylic acids is 1. The number of carbonyl (C=O) groups is 1. The number of aryl methyl sites for hydroxylation is 1. The Morgan fingerprint density at radius 3 is 3.00 bits per heavy atom.